The Morgan fingerprint density at radius 2 is 2.26 bits per heavy atom. The summed E-state index contributed by atoms with van der Waals surface area (Å²) in [7, 11) is 0. The van der Waals surface area contributed by atoms with Crippen LogP contribution < -0.4 is 10.2 Å². The molecule has 0 atom stereocenters. The Kier molecular flexibility index (Phi) is 4.92. The number of benzene rings is 1. The molecule has 2 rings (SSSR count). The minimum absolute atomic E-state index is 0.499. The second-order valence-corrected chi connectivity index (χ2v) is 5.34. The zero-order chi connectivity index (χ0) is 13.5. The number of ether oxygens (including phenoxy) is 1. The van der Waals surface area contributed by atoms with Gasteiger partial charge in [0.1, 0.15) is 5.75 Å². The van der Waals surface area contributed by atoms with E-state index in [0.29, 0.717) is 12.5 Å². The van der Waals surface area contributed by atoms with Gasteiger partial charge in [-0.15, -0.1) is 11.3 Å². The smallest absolute Gasteiger partial charge is 0.203 e. The molecule has 19 heavy (non-hydrogen) atoms. The van der Waals surface area contributed by atoms with Crippen LogP contribution in [0.1, 0.15) is 19.4 Å². The fourth-order valence-corrected chi connectivity index (χ4v) is 1.89. The molecule has 0 unspecified atom stereocenters. The summed E-state index contributed by atoms with van der Waals surface area (Å²) >= 11 is 1.51. The molecule has 4 nitrogen and oxygen atoms in total. The van der Waals surface area contributed by atoms with Gasteiger partial charge >= 0.3 is 0 Å². The first-order valence-corrected chi connectivity index (χ1v) is 7.04. The second-order valence-electron chi connectivity index (χ2n) is 4.45. The molecule has 1 N–H and O–H groups in total. The van der Waals surface area contributed by atoms with Gasteiger partial charge in [-0.05, 0) is 18.1 Å². The topological polar surface area (TPSA) is 46.5 Å². The number of hydrogen-bond donors (Lipinski definition) is 1. The van der Waals surface area contributed by atoms with Gasteiger partial charge in [0.05, 0.1) is 12.8 Å². The fourth-order valence-electron chi connectivity index (χ4n) is 1.41. The Hall–Kier alpha value is -1.88. The van der Waals surface area contributed by atoms with Crippen molar-refractivity contribution in [3.8, 4) is 5.75 Å². The van der Waals surface area contributed by atoms with Crippen molar-refractivity contribution in [2.24, 2.45) is 11.0 Å². The lowest BCUT2D eigenvalue weighted by atomic mass is 10.2. The second kappa shape index (κ2) is 6.89. The van der Waals surface area contributed by atoms with Crippen molar-refractivity contribution >= 4 is 22.7 Å². The average Bonchev–Trinajstić information content (AvgIpc) is 2.91. The van der Waals surface area contributed by atoms with Crippen LogP contribution in [0, 0.1) is 5.92 Å². The number of thiazole rings is 1. The van der Waals surface area contributed by atoms with E-state index in [1.165, 1.54) is 11.3 Å². The molecule has 1 heterocycles. The fraction of sp³-hybridized carbons (Fsp3) is 0.286. The van der Waals surface area contributed by atoms with Gasteiger partial charge in [-0.2, -0.15) is 5.10 Å². The molecule has 0 aliphatic rings. The van der Waals surface area contributed by atoms with E-state index >= 15 is 0 Å². The molecule has 2 aromatic rings. The Balaban J connectivity index is 2.00. The Bertz CT molecular complexity index is 523. The summed E-state index contributed by atoms with van der Waals surface area (Å²) in [5.41, 5.74) is 3.84. The first kappa shape index (κ1) is 13.5. The van der Waals surface area contributed by atoms with Crippen molar-refractivity contribution in [3.05, 3.63) is 41.4 Å². The van der Waals surface area contributed by atoms with Crippen LogP contribution in [0.4, 0.5) is 5.13 Å². The summed E-state index contributed by atoms with van der Waals surface area (Å²) in [5.74, 6) is 1.35. The van der Waals surface area contributed by atoms with Crippen molar-refractivity contribution < 1.29 is 4.74 Å². The maximum absolute atomic E-state index is 5.75. The van der Waals surface area contributed by atoms with E-state index < -0.39 is 0 Å². The standard InChI is InChI=1S/C14H17N3OS/c1-11(2)10-18-13-6-4-3-5-12(13)9-16-17-14-15-7-8-19-14/h3-9,11H,10H2,1-2H3,(H,15,17)/b16-9-. The van der Waals surface area contributed by atoms with Crippen molar-refractivity contribution in [3.63, 3.8) is 0 Å². The van der Waals surface area contributed by atoms with E-state index in [1.807, 2.05) is 29.6 Å². The number of hydrazone groups is 1. The number of aromatic nitrogens is 1. The zero-order valence-electron chi connectivity index (χ0n) is 11.0. The number of hydrogen-bond acceptors (Lipinski definition) is 5. The molecule has 1 aromatic heterocycles. The van der Waals surface area contributed by atoms with Crippen LogP contribution in [0.15, 0.2) is 40.9 Å². The number of rotatable bonds is 6. The summed E-state index contributed by atoms with van der Waals surface area (Å²) in [6.45, 7) is 4.95. The maximum atomic E-state index is 5.75. The van der Waals surface area contributed by atoms with E-state index in [2.05, 4.69) is 29.4 Å². The molecule has 0 amide bonds. The Labute approximate surface area is 117 Å². The maximum Gasteiger partial charge on any atom is 0.203 e. The van der Waals surface area contributed by atoms with Crippen LogP contribution in [0.2, 0.25) is 0 Å². The lowest BCUT2D eigenvalue weighted by molar-refractivity contribution is 0.271. The minimum atomic E-state index is 0.499. The molecule has 0 spiro atoms. The van der Waals surface area contributed by atoms with Crippen molar-refractivity contribution in [1.29, 1.82) is 0 Å². The first-order chi connectivity index (χ1) is 9.25. The van der Waals surface area contributed by atoms with Gasteiger partial charge < -0.3 is 4.74 Å². The quantitative estimate of drug-likeness (QED) is 0.647. The van der Waals surface area contributed by atoms with Crippen LogP contribution in [0.3, 0.4) is 0 Å². The third-order valence-corrected chi connectivity index (χ3v) is 2.97. The van der Waals surface area contributed by atoms with E-state index in [0.717, 1.165) is 16.4 Å². The Morgan fingerprint density at radius 1 is 1.42 bits per heavy atom. The molecule has 5 heteroatoms. The van der Waals surface area contributed by atoms with E-state index in [1.54, 1.807) is 12.4 Å². The van der Waals surface area contributed by atoms with Crippen LogP contribution in [-0.2, 0) is 0 Å². The largest absolute Gasteiger partial charge is 0.493 e. The molecule has 0 fully saturated rings. The highest BCUT2D eigenvalue weighted by atomic mass is 32.1. The summed E-state index contributed by atoms with van der Waals surface area (Å²) in [6.07, 6.45) is 3.49. The lowest BCUT2D eigenvalue weighted by Crippen LogP contribution is -2.06. The zero-order valence-corrected chi connectivity index (χ0v) is 11.9. The third kappa shape index (κ3) is 4.37. The van der Waals surface area contributed by atoms with Crippen LogP contribution in [0.25, 0.3) is 0 Å². The predicted octanol–water partition coefficient (Wildman–Crippen LogP) is 3.62. The summed E-state index contributed by atoms with van der Waals surface area (Å²) in [4.78, 5) is 4.09. The molecule has 1 aromatic carbocycles. The van der Waals surface area contributed by atoms with Gasteiger partial charge in [-0.3, -0.25) is 5.43 Å². The van der Waals surface area contributed by atoms with Crippen LogP contribution >= 0.6 is 11.3 Å². The Morgan fingerprint density at radius 3 is 3.00 bits per heavy atom. The normalized spacial score (nSPS) is 11.1. The molecule has 0 aliphatic carbocycles. The minimum Gasteiger partial charge on any atom is -0.493 e. The average molecular weight is 275 g/mol. The molecule has 100 valence electrons. The molecule has 0 saturated carbocycles. The molecular formula is C14H17N3OS. The van der Waals surface area contributed by atoms with Crippen molar-refractivity contribution in [2.75, 3.05) is 12.0 Å². The van der Waals surface area contributed by atoms with Crippen molar-refractivity contribution in [1.82, 2.24) is 4.98 Å². The SMILES string of the molecule is CC(C)COc1ccccc1/C=N\Nc1nccs1. The molecule has 0 saturated heterocycles. The van der Waals surface area contributed by atoms with Gasteiger partial charge in [-0.1, -0.05) is 26.0 Å². The predicted molar refractivity (Wildman–Crippen MR) is 80.1 cm³/mol. The van der Waals surface area contributed by atoms with Gasteiger partial charge in [0, 0.05) is 17.1 Å². The van der Waals surface area contributed by atoms with E-state index in [4.69, 9.17) is 4.74 Å². The first-order valence-electron chi connectivity index (χ1n) is 6.16. The highest BCUT2D eigenvalue weighted by molar-refractivity contribution is 7.13. The van der Waals surface area contributed by atoms with Crippen LogP contribution in [-0.4, -0.2) is 17.8 Å². The summed E-state index contributed by atoms with van der Waals surface area (Å²) in [5, 5.41) is 6.84. The monoisotopic (exact) mass is 275 g/mol. The van der Waals surface area contributed by atoms with Gasteiger partial charge in [-0.25, -0.2) is 4.98 Å². The number of nitrogens with zero attached hydrogens (tertiary/aromatic N) is 2. The summed E-state index contributed by atoms with van der Waals surface area (Å²) < 4.78 is 5.75. The third-order valence-electron chi connectivity index (χ3n) is 2.29. The highest BCUT2D eigenvalue weighted by Gasteiger charge is 2.02. The highest BCUT2D eigenvalue weighted by Crippen LogP contribution is 2.17. The summed E-state index contributed by atoms with van der Waals surface area (Å²) in [6, 6.07) is 7.85. The lowest BCUT2D eigenvalue weighted by Gasteiger charge is -2.10. The molecule has 0 aliphatic heterocycles. The van der Waals surface area contributed by atoms with Gasteiger partial charge in [0.15, 0.2) is 0 Å². The molecule has 0 radical (unpaired) electrons. The molecule has 0 bridgehead atoms. The number of anilines is 1. The number of para-hydroxylation sites is 1. The van der Waals surface area contributed by atoms with Crippen LogP contribution in [0.5, 0.6) is 5.75 Å². The number of nitrogens with one attached hydrogen (secondary N) is 1. The van der Waals surface area contributed by atoms with E-state index in [-0.39, 0.29) is 0 Å². The molecular weight excluding hydrogens is 258 g/mol. The van der Waals surface area contributed by atoms with Gasteiger partial charge in [0.2, 0.25) is 5.13 Å². The van der Waals surface area contributed by atoms with Gasteiger partial charge in [0.25, 0.3) is 0 Å². The van der Waals surface area contributed by atoms with Crippen molar-refractivity contribution in [2.45, 2.75) is 13.8 Å². The van der Waals surface area contributed by atoms with E-state index in [9.17, 15) is 0 Å².